The summed E-state index contributed by atoms with van der Waals surface area (Å²) in [4.78, 5) is 19.1. The Morgan fingerprint density at radius 3 is 2.76 bits per heavy atom. The van der Waals surface area contributed by atoms with Gasteiger partial charge in [-0.2, -0.15) is 0 Å². The number of fused-ring (bicyclic) bond motifs is 1. The SMILES string of the molecule is O=C(O)CON=CCc1ccc(S(=O)(=O)Nc2ccc(Cl)cc2-n2nnc3ncccc32)cc1. The lowest BCUT2D eigenvalue weighted by Crippen LogP contribution is -2.15. The summed E-state index contributed by atoms with van der Waals surface area (Å²) >= 11 is 6.16. The molecule has 13 heteroatoms. The molecule has 0 saturated heterocycles. The van der Waals surface area contributed by atoms with Gasteiger partial charge in [0, 0.05) is 23.9 Å². The molecule has 0 fully saturated rings. The molecule has 0 atom stereocenters. The third-order valence-corrected chi connectivity index (χ3v) is 6.17. The molecule has 2 aromatic carbocycles. The number of hydrogen-bond acceptors (Lipinski definition) is 8. The number of oxime groups is 1. The van der Waals surface area contributed by atoms with E-state index in [0.29, 0.717) is 28.3 Å². The van der Waals surface area contributed by atoms with E-state index >= 15 is 0 Å². The third-order valence-electron chi connectivity index (χ3n) is 4.55. The van der Waals surface area contributed by atoms with Crippen LogP contribution in [0.4, 0.5) is 5.69 Å². The summed E-state index contributed by atoms with van der Waals surface area (Å²) in [5.41, 5.74) is 2.40. The average molecular weight is 501 g/mol. The number of carboxylic acid groups (broad SMARTS) is 1. The molecule has 4 rings (SSSR count). The molecule has 2 aromatic heterocycles. The maximum atomic E-state index is 13.0. The normalized spacial score (nSPS) is 11.7. The number of pyridine rings is 1. The molecule has 0 bridgehead atoms. The van der Waals surface area contributed by atoms with Crippen LogP contribution in [0, 0.1) is 0 Å². The van der Waals surface area contributed by atoms with E-state index in [0.717, 1.165) is 5.56 Å². The first-order valence-corrected chi connectivity index (χ1v) is 11.6. The van der Waals surface area contributed by atoms with Crippen LogP contribution in [-0.4, -0.2) is 52.3 Å². The number of carboxylic acids is 1. The molecule has 2 N–H and O–H groups in total. The molecule has 0 aliphatic rings. The average Bonchev–Trinajstić information content (AvgIpc) is 3.24. The largest absolute Gasteiger partial charge is 0.479 e. The fourth-order valence-corrected chi connectivity index (χ4v) is 4.25. The maximum absolute atomic E-state index is 13.0. The van der Waals surface area contributed by atoms with Crippen LogP contribution in [0.15, 0.2) is 70.8 Å². The zero-order valence-electron chi connectivity index (χ0n) is 17.4. The number of nitrogens with one attached hydrogen (secondary N) is 1. The Hall–Kier alpha value is -4.03. The molecule has 0 amide bonds. The highest BCUT2D eigenvalue weighted by Gasteiger charge is 2.19. The highest BCUT2D eigenvalue weighted by Crippen LogP contribution is 2.28. The molecule has 34 heavy (non-hydrogen) atoms. The van der Waals surface area contributed by atoms with E-state index in [4.69, 9.17) is 16.7 Å². The van der Waals surface area contributed by atoms with Crippen molar-refractivity contribution in [1.29, 1.82) is 0 Å². The zero-order valence-corrected chi connectivity index (χ0v) is 18.9. The van der Waals surface area contributed by atoms with Gasteiger partial charge in [-0.3, -0.25) is 4.72 Å². The molecular weight excluding hydrogens is 484 g/mol. The maximum Gasteiger partial charge on any atom is 0.344 e. The van der Waals surface area contributed by atoms with Crippen molar-refractivity contribution >= 4 is 50.7 Å². The highest BCUT2D eigenvalue weighted by molar-refractivity contribution is 7.92. The second kappa shape index (κ2) is 9.85. The molecule has 0 aliphatic carbocycles. The summed E-state index contributed by atoms with van der Waals surface area (Å²) in [6.45, 7) is -0.535. The van der Waals surface area contributed by atoms with E-state index in [1.54, 1.807) is 48.7 Å². The Bertz CT molecular complexity index is 1470. The van der Waals surface area contributed by atoms with Gasteiger partial charge >= 0.3 is 5.97 Å². The molecule has 11 nitrogen and oxygen atoms in total. The summed E-state index contributed by atoms with van der Waals surface area (Å²) in [5, 5.41) is 20.5. The first-order chi connectivity index (χ1) is 16.3. The fourth-order valence-electron chi connectivity index (χ4n) is 3.01. The summed E-state index contributed by atoms with van der Waals surface area (Å²) in [6, 6.07) is 14.3. The van der Waals surface area contributed by atoms with Crippen molar-refractivity contribution in [3.63, 3.8) is 0 Å². The van der Waals surface area contributed by atoms with Gasteiger partial charge in [-0.15, -0.1) is 5.10 Å². The molecule has 174 valence electrons. The predicted octanol–water partition coefficient (Wildman–Crippen LogP) is 2.90. The Morgan fingerprint density at radius 1 is 1.21 bits per heavy atom. The quantitative estimate of drug-likeness (QED) is 0.263. The van der Waals surface area contributed by atoms with Crippen molar-refractivity contribution in [2.75, 3.05) is 11.3 Å². The summed E-state index contributed by atoms with van der Waals surface area (Å²) < 4.78 is 30.1. The van der Waals surface area contributed by atoms with Crippen LogP contribution < -0.4 is 4.72 Å². The minimum absolute atomic E-state index is 0.0429. The van der Waals surface area contributed by atoms with Crippen LogP contribution in [0.25, 0.3) is 16.9 Å². The van der Waals surface area contributed by atoms with Crippen molar-refractivity contribution in [2.24, 2.45) is 5.16 Å². The van der Waals surface area contributed by atoms with E-state index in [-0.39, 0.29) is 10.6 Å². The Labute approximate surface area is 198 Å². The fraction of sp³-hybridized carbons (Fsp3) is 0.0952. The number of carbonyl (C=O) groups is 1. The van der Waals surface area contributed by atoms with Crippen LogP contribution in [0.5, 0.6) is 0 Å². The van der Waals surface area contributed by atoms with Gasteiger partial charge in [-0.25, -0.2) is 22.9 Å². The smallest absolute Gasteiger partial charge is 0.344 e. The van der Waals surface area contributed by atoms with Crippen molar-refractivity contribution in [3.05, 3.63) is 71.4 Å². The molecular formula is C21H17ClN6O5S. The van der Waals surface area contributed by atoms with Crippen LogP contribution >= 0.6 is 11.6 Å². The predicted molar refractivity (Wildman–Crippen MR) is 125 cm³/mol. The van der Waals surface area contributed by atoms with Gasteiger partial charge in [0.1, 0.15) is 5.52 Å². The third kappa shape index (κ3) is 5.30. The van der Waals surface area contributed by atoms with E-state index < -0.39 is 22.6 Å². The molecule has 0 saturated carbocycles. The van der Waals surface area contributed by atoms with Gasteiger partial charge in [-0.1, -0.05) is 34.1 Å². The van der Waals surface area contributed by atoms with Gasteiger partial charge < -0.3 is 9.94 Å². The van der Waals surface area contributed by atoms with Crippen molar-refractivity contribution in [3.8, 4) is 5.69 Å². The van der Waals surface area contributed by atoms with E-state index in [1.807, 2.05) is 0 Å². The van der Waals surface area contributed by atoms with Crippen LogP contribution in [-0.2, 0) is 26.1 Å². The minimum atomic E-state index is -3.94. The topological polar surface area (TPSA) is 149 Å². The lowest BCUT2D eigenvalue weighted by Gasteiger charge is -2.13. The Kier molecular flexibility index (Phi) is 6.70. The second-order valence-electron chi connectivity index (χ2n) is 6.92. The molecule has 0 aliphatic heterocycles. The van der Waals surface area contributed by atoms with Gasteiger partial charge in [-0.05, 0) is 48.0 Å². The van der Waals surface area contributed by atoms with E-state index in [1.165, 1.54) is 23.0 Å². The number of nitrogens with zero attached hydrogens (tertiary/aromatic N) is 5. The molecule has 4 aromatic rings. The van der Waals surface area contributed by atoms with E-state index in [9.17, 15) is 13.2 Å². The zero-order chi connectivity index (χ0) is 24.1. The van der Waals surface area contributed by atoms with Gasteiger partial charge in [0.15, 0.2) is 0 Å². The number of sulfonamides is 1. The molecule has 0 unspecified atom stereocenters. The number of aromatic nitrogens is 4. The lowest BCUT2D eigenvalue weighted by molar-refractivity contribution is -0.142. The van der Waals surface area contributed by atoms with Crippen molar-refractivity contribution in [1.82, 2.24) is 20.0 Å². The number of anilines is 1. The summed E-state index contributed by atoms with van der Waals surface area (Å²) in [5.74, 6) is -1.13. The molecule has 0 radical (unpaired) electrons. The Balaban J connectivity index is 1.55. The standard InChI is InChI=1S/C21H17ClN6O5S/c22-15-5-8-17(19(12-15)28-18-2-1-10-23-21(18)25-27-28)26-34(31,32)16-6-3-14(4-7-16)9-11-24-33-13-20(29)30/h1-8,10-12,26H,9,13H2,(H,29,30). The van der Waals surface area contributed by atoms with Crippen LogP contribution in [0.3, 0.4) is 0 Å². The monoisotopic (exact) mass is 500 g/mol. The minimum Gasteiger partial charge on any atom is -0.479 e. The van der Waals surface area contributed by atoms with Crippen molar-refractivity contribution in [2.45, 2.75) is 11.3 Å². The number of rotatable bonds is 9. The number of aliphatic carboxylic acids is 1. The van der Waals surface area contributed by atoms with Crippen LogP contribution in [0.2, 0.25) is 5.02 Å². The number of halogens is 1. The van der Waals surface area contributed by atoms with Crippen molar-refractivity contribution < 1.29 is 23.2 Å². The molecule has 0 spiro atoms. The molecule has 2 heterocycles. The highest BCUT2D eigenvalue weighted by atomic mass is 35.5. The first-order valence-electron chi connectivity index (χ1n) is 9.77. The summed E-state index contributed by atoms with van der Waals surface area (Å²) in [6.07, 6.45) is 3.31. The van der Waals surface area contributed by atoms with Gasteiger partial charge in [0.2, 0.25) is 12.3 Å². The Morgan fingerprint density at radius 2 is 2.00 bits per heavy atom. The van der Waals surface area contributed by atoms with E-state index in [2.05, 4.69) is 30.0 Å². The lowest BCUT2D eigenvalue weighted by atomic mass is 10.2. The first kappa shape index (κ1) is 23.1. The van der Waals surface area contributed by atoms with Crippen LogP contribution in [0.1, 0.15) is 5.56 Å². The second-order valence-corrected chi connectivity index (χ2v) is 9.04. The van der Waals surface area contributed by atoms with Gasteiger partial charge in [0.05, 0.1) is 16.3 Å². The number of hydrogen-bond donors (Lipinski definition) is 2. The number of benzene rings is 2. The van der Waals surface area contributed by atoms with Gasteiger partial charge in [0.25, 0.3) is 10.0 Å². The summed E-state index contributed by atoms with van der Waals surface area (Å²) in [7, 11) is -3.94.